The van der Waals surface area contributed by atoms with Gasteiger partial charge in [0.1, 0.15) is 6.29 Å². The lowest BCUT2D eigenvalue weighted by Gasteiger charge is -2.07. The number of aldehydes is 1. The van der Waals surface area contributed by atoms with E-state index in [0.29, 0.717) is 0 Å². The van der Waals surface area contributed by atoms with Gasteiger partial charge in [-0.15, -0.1) is 11.3 Å². The SMILES string of the molecule is Cc1ccc(-c2cc(C)c(C=O)cc2C)s1. The molecule has 0 fully saturated rings. The van der Waals surface area contributed by atoms with Gasteiger partial charge in [0.2, 0.25) is 0 Å². The van der Waals surface area contributed by atoms with Gasteiger partial charge < -0.3 is 0 Å². The van der Waals surface area contributed by atoms with Crippen molar-refractivity contribution in [3.63, 3.8) is 0 Å². The van der Waals surface area contributed by atoms with E-state index in [-0.39, 0.29) is 0 Å². The molecular weight excluding hydrogens is 216 g/mol. The second-order valence-electron chi connectivity index (χ2n) is 4.05. The summed E-state index contributed by atoms with van der Waals surface area (Å²) in [5, 5.41) is 0. The summed E-state index contributed by atoms with van der Waals surface area (Å²) in [5.74, 6) is 0. The van der Waals surface area contributed by atoms with Crippen LogP contribution in [0.1, 0.15) is 26.4 Å². The largest absolute Gasteiger partial charge is 0.298 e. The number of rotatable bonds is 2. The van der Waals surface area contributed by atoms with Crippen molar-refractivity contribution >= 4 is 17.6 Å². The van der Waals surface area contributed by atoms with E-state index in [1.54, 1.807) is 11.3 Å². The second kappa shape index (κ2) is 4.22. The predicted octanol–water partition coefficient (Wildman–Crippen LogP) is 4.15. The van der Waals surface area contributed by atoms with Crippen LogP contribution < -0.4 is 0 Å². The number of hydrogen-bond acceptors (Lipinski definition) is 2. The second-order valence-corrected chi connectivity index (χ2v) is 5.34. The van der Waals surface area contributed by atoms with E-state index in [0.717, 1.165) is 23.0 Å². The summed E-state index contributed by atoms with van der Waals surface area (Å²) in [6, 6.07) is 8.34. The van der Waals surface area contributed by atoms with Crippen LogP contribution in [0, 0.1) is 20.8 Å². The highest BCUT2D eigenvalue weighted by molar-refractivity contribution is 7.15. The van der Waals surface area contributed by atoms with Gasteiger partial charge in [-0.3, -0.25) is 4.79 Å². The van der Waals surface area contributed by atoms with Crippen molar-refractivity contribution in [3.8, 4) is 10.4 Å². The van der Waals surface area contributed by atoms with E-state index in [9.17, 15) is 4.79 Å². The first-order valence-electron chi connectivity index (χ1n) is 5.25. The highest BCUT2D eigenvalue weighted by Gasteiger charge is 2.07. The van der Waals surface area contributed by atoms with Gasteiger partial charge in [0.25, 0.3) is 0 Å². The van der Waals surface area contributed by atoms with Crippen LogP contribution in [0.2, 0.25) is 0 Å². The van der Waals surface area contributed by atoms with Crippen LogP contribution >= 0.6 is 11.3 Å². The summed E-state index contributed by atoms with van der Waals surface area (Å²) in [5.41, 5.74) is 4.23. The molecule has 2 aromatic rings. The minimum atomic E-state index is 0.787. The summed E-state index contributed by atoms with van der Waals surface area (Å²) >= 11 is 1.79. The number of benzene rings is 1. The Balaban J connectivity index is 2.58. The summed E-state index contributed by atoms with van der Waals surface area (Å²) in [4.78, 5) is 13.4. The summed E-state index contributed by atoms with van der Waals surface area (Å²) < 4.78 is 0. The van der Waals surface area contributed by atoms with Gasteiger partial charge >= 0.3 is 0 Å². The average molecular weight is 230 g/mol. The molecule has 1 aromatic carbocycles. The molecule has 82 valence electrons. The van der Waals surface area contributed by atoms with Gasteiger partial charge in [0.05, 0.1) is 0 Å². The fourth-order valence-corrected chi connectivity index (χ4v) is 2.76. The molecule has 1 nitrogen and oxygen atoms in total. The molecule has 0 aliphatic carbocycles. The van der Waals surface area contributed by atoms with Crippen molar-refractivity contribution in [3.05, 3.63) is 45.8 Å². The molecule has 0 spiro atoms. The molecule has 0 N–H and O–H groups in total. The third-order valence-corrected chi connectivity index (χ3v) is 3.78. The van der Waals surface area contributed by atoms with Gasteiger partial charge in [-0.1, -0.05) is 0 Å². The normalized spacial score (nSPS) is 10.4. The Hall–Kier alpha value is -1.41. The Kier molecular flexibility index (Phi) is 2.92. The van der Waals surface area contributed by atoms with E-state index in [1.807, 2.05) is 13.0 Å². The molecule has 1 heterocycles. The molecule has 0 saturated heterocycles. The molecule has 0 bridgehead atoms. The Morgan fingerprint density at radius 3 is 2.38 bits per heavy atom. The lowest BCUT2D eigenvalue weighted by molar-refractivity contribution is 0.112. The van der Waals surface area contributed by atoms with Crippen LogP contribution in [0.3, 0.4) is 0 Å². The molecule has 0 radical (unpaired) electrons. The maximum Gasteiger partial charge on any atom is 0.150 e. The molecule has 0 unspecified atom stereocenters. The first-order chi connectivity index (χ1) is 7.61. The quantitative estimate of drug-likeness (QED) is 0.708. The molecule has 16 heavy (non-hydrogen) atoms. The first-order valence-corrected chi connectivity index (χ1v) is 6.06. The minimum Gasteiger partial charge on any atom is -0.298 e. The van der Waals surface area contributed by atoms with Crippen molar-refractivity contribution in [1.29, 1.82) is 0 Å². The Morgan fingerprint density at radius 1 is 1.06 bits per heavy atom. The smallest absolute Gasteiger partial charge is 0.150 e. The summed E-state index contributed by atoms with van der Waals surface area (Å²) in [7, 11) is 0. The summed E-state index contributed by atoms with van der Waals surface area (Å²) in [6.45, 7) is 6.14. The highest BCUT2D eigenvalue weighted by atomic mass is 32.1. The molecule has 0 aliphatic heterocycles. The zero-order chi connectivity index (χ0) is 11.7. The lowest BCUT2D eigenvalue weighted by atomic mass is 10.00. The standard InChI is InChI=1S/C14H14OS/c1-9-7-13(10(2)6-12(9)8-15)14-5-4-11(3)16-14/h4-8H,1-3H3. The summed E-state index contributed by atoms with van der Waals surface area (Å²) in [6.07, 6.45) is 0.922. The van der Waals surface area contributed by atoms with Gasteiger partial charge in [0, 0.05) is 15.3 Å². The van der Waals surface area contributed by atoms with Gasteiger partial charge in [0.15, 0.2) is 0 Å². The predicted molar refractivity (Wildman–Crippen MR) is 69.4 cm³/mol. The highest BCUT2D eigenvalue weighted by Crippen LogP contribution is 2.31. The zero-order valence-corrected chi connectivity index (χ0v) is 10.5. The molecule has 2 heteroatoms. The maximum atomic E-state index is 10.8. The van der Waals surface area contributed by atoms with Crippen LogP contribution in [0.5, 0.6) is 0 Å². The van der Waals surface area contributed by atoms with E-state index in [1.165, 1.54) is 15.3 Å². The minimum absolute atomic E-state index is 0.787. The molecule has 0 aliphatic rings. The number of carbonyl (C=O) groups excluding carboxylic acids is 1. The zero-order valence-electron chi connectivity index (χ0n) is 9.70. The molecule has 2 rings (SSSR count). The van der Waals surface area contributed by atoms with Crippen molar-refractivity contribution in [2.24, 2.45) is 0 Å². The molecule has 0 atom stereocenters. The van der Waals surface area contributed by atoms with Crippen molar-refractivity contribution in [2.45, 2.75) is 20.8 Å². The van der Waals surface area contributed by atoms with Crippen LogP contribution in [-0.2, 0) is 0 Å². The first kappa shape index (κ1) is 11.1. The fraction of sp³-hybridized carbons (Fsp3) is 0.214. The molecule has 0 saturated carbocycles. The van der Waals surface area contributed by atoms with E-state index >= 15 is 0 Å². The van der Waals surface area contributed by atoms with Gasteiger partial charge in [-0.05, 0) is 61.7 Å². The lowest BCUT2D eigenvalue weighted by Crippen LogP contribution is -1.90. The number of aryl methyl sites for hydroxylation is 3. The fourth-order valence-electron chi connectivity index (χ4n) is 1.81. The molecule has 0 amide bonds. The third-order valence-electron chi connectivity index (χ3n) is 2.75. The van der Waals surface area contributed by atoms with E-state index in [4.69, 9.17) is 0 Å². The Bertz CT molecular complexity index is 538. The number of carbonyl (C=O) groups is 1. The van der Waals surface area contributed by atoms with Crippen LogP contribution in [0.25, 0.3) is 10.4 Å². The van der Waals surface area contributed by atoms with Crippen LogP contribution in [-0.4, -0.2) is 6.29 Å². The van der Waals surface area contributed by atoms with Crippen LogP contribution in [0.4, 0.5) is 0 Å². The van der Waals surface area contributed by atoms with Crippen LogP contribution in [0.15, 0.2) is 24.3 Å². The third kappa shape index (κ3) is 1.93. The molecular formula is C14H14OS. The number of hydrogen-bond donors (Lipinski definition) is 0. The average Bonchev–Trinajstić information content (AvgIpc) is 2.67. The maximum absolute atomic E-state index is 10.8. The Morgan fingerprint density at radius 2 is 1.81 bits per heavy atom. The topological polar surface area (TPSA) is 17.1 Å². The number of thiophene rings is 1. The van der Waals surface area contributed by atoms with Gasteiger partial charge in [-0.25, -0.2) is 0 Å². The van der Waals surface area contributed by atoms with Crippen molar-refractivity contribution < 1.29 is 4.79 Å². The van der Waals surface area contributed by atoms with E-state index < -0.39 is 0 Å². The molecule has 1 aromatic heterocycles. The monoisotopic (exact) mass is 230 g/mol. The van der Waals surface area contributed by atoms with Gasteiger partial charge in [-0.2, -0.15) is 0 Å². The Labute approximate surface area is 99.8 Å². The van der Waals surface area contributed by atoms with E-state index in [2.05, 4.69) is 32.0 Å². The van der Waals surface area contributed by atoms with Crippen molar-refractivity contribution in [2.75, 3.05) is 0 Å². The van der Waals surface area contributed by atoms with Crippen molar-refractivity contribution in [1.82, 2.24) is 0 Å².